The van der Waals surface area contributed by atoms with E-state index >= 15 is 0 Å². The lowest BCUT2D eigenvalue weighted by Crippen LogP contribution is -2.59. The predicted molar refractivity (Wildman–Crippen MR) is 111 cm³/mol. The second-order valence-corrected chi connectivity index (χ2v) is 7.80. The van der Waals surface area contributed by atoms with Gasteiger partial charge in [-0.2, -0.15) is 0 Å². The van der Waals surface area contributed by atoms with Crippen LogP contribution in [0, 0.1) is 11.8 Å². The van der Waals surface area contributed by atoms with Crippen LogP contribution in [0.25, 0.3) is 0 Å². The second-order valence-electron chi connectivity index (χ2n) is 7.80. The van der Waals surface area contributed by atoms with Gasteiger partial charge in [-0.1, -0.05) is 34.1 Å². The molecule has 12 nitrogen and oxygen atoms in total. The topological polar surface area (TPSA) is 214 Å². The molecule has 0 spiro atoms. The highest BCUT2D eigenvalue weighted by Crippen LogP contribution is 2.10. The molecule has 0 fully saturated rings. The molecule has 31 heavy (non-hydrogen) atoms. The number of rotatable bonds is 14. The first-order valence-electron chi connectivity index (χ1n) is 10.1. The lowest BCUT2D eigenvalue weighted by Gasteiger charge is -2.27. The van der Waals surface area contributed by atoms with Crippen LogP contribution in [0.3, 0.4) is 0 Å². The van der Waals surface area contributed by atoms with E-state index < -0.39 is 66.3 Å². The number of hydrogen-bond acceptors (Lipinski definition) is 7. The molecule has 12 heteroatoms. The molecule has 0 aliphatic rings. The van der Waals surface area contributed by atoms with Gasteiger partial charge >= 0.3 is 5.97 Å². The molecule has 0 aromatic carbocycles. The Hall–Kier alpha value is -2.73. The normalized spacial score (nSPS) is 15.8. The van der Waals surface area contributed by atoms with Crippen molar-refractivity contribution in [1.82, 2.24) is 16.0 Å². The first-order valence-corrected chi connectivity index (χ1v) is 10.1. The maximum atomic E-state index is 12.8. The van der Waals surface area contributed by atoms with Gasteiger partial charge in [0.2, 0.25) is 23.6 Å². The molecule has 5 unspecified atom stereocenters. The van der Waals surface area contributed by atoms with Gasteiger partial charge in [0, 0.05) is 6.42 Å². The number of aliphatic carboxylic acids is 1. The van der Waals surface area contributed by atoms with E-state index in [0.29, 0.717) is 6.42 Å². The molecule has 9 N–H and O–H groups in total. The third-order valence-corrected chi connectivity index (χ3v) is 4.87. The van der Waals surface area contributed by atoms with E-state index in [1.165, 1.54) is 0 Å². The lowest BCUT2D eigenvalue weighted by atomic mass is 9.98. The van der Waals surface area contributed by atoms with Crippen LogP contribution >= 0.6 is 0 Å². The first kappa shape index (κ1) is 28.3. The minimum absolute atomic E-state index is 0.158. The molecule has 0 aromatic rings. The molecule has 0 saturated carbocycles. The maximum absolute atomic E-state index is 12.8. The van der Waals surface area contributed by atoms with Gasteiger partial charge in [-0.15, -0.1) is 0 Å². The Labute approximate surface area is 181 Å². The largest absolute Gasteiger partial charge is 0.480 e. The summed E-state index contributed by atoms with van der Waals surface area (Å²) >= 11 is 0. The van der Waals surface area contributed by atoms with Crippen LogP contribution in [0.5, 0.6) is 0 Å². The van der Waals surface area contributed by atoms with Crippen molar-refractivity contribution in [3.8, 4) is 0 Å². The summed E-state index contributed by atoms with van der Waals surface area (Å²) in [5.41, 5.74) is 10.6. The minimum atomic E-state index is -1.25. The third kappa shape index (κ3) is 9.75. The molecular weight excluding hydrogens is 410 g/mol. The molecule has 178 valence electrons. The van der Waals surface area contributed by atoms with E-state index in [1.54, 1.807) is 27.7 Å². The van der Waals surface area contributed by atoms with Crippen LogP contribution in [0.1, 0.15) is 47.0 Å². The highest BCUT2D eigenvalue weighted by Gasteiger charge is 2.32. The summed E-state index contributed by atoms with van der Waals surface area (Å²) in [6.45, 7) is 6.11. The van der Waals surface area contributed by atoms with E-state index in [-0.39, 0.29) is 18.8 Å². The van der Waals surface area contributed by atoms with Crippen molar-refractivity contribution in [2.45, 2.75) is 71.1 Å². The number of carboxylic acid groups (broad SMARTS) is 1. The summed E-state index contributed by atoms with van der Waals surface area (Å²) in [4.78, 5) is 60.1. The Kier molecular flexibility index (Phi) is 12.4. The number of nitrogens with two attached hydrogens (primary N) is 2. The quantitative estimate of drug-likeness (QED) is 0.155. The van der Waals surface area contributed by atoms with Crippen molar-refractivity contribution in [3.05, 3.63) is 0 Å². The number of hydrogen-bond donors (Lipinski definition) is 7. The fraction of sp³-hybridized carbons (Fsp3) is 0.737. The molecular formula is C19H35N5O7. The number of aliphatic hydroxyl groups is 1. The highest BCUT2D eigenvalue weighted by molar-refractivity contribution is 5.94. The average Bonchev–Trinajstić information content (AvgIpc) is 2.70. The molecule has 0 radical (unpaired) electrons. The van der Waals surface area contributed by atoms with Crippen LogP contribution in [0.15, 0.2) is 0 Å². The van der Waals surface area contributed by atoms with Crippen LogP contribution in [0.2, 0.25) is 0 Å². The van der Waals surface area contributed by atoms with E-state index in [1.807, 2.05) is 0 Å². The average molecular weight is 446 g/mol. The standard InChI is InChI=1S/C19H35N5O7/c1-5-10(4)15(19(30)31)24-17(28)12(6-7-13(21)26)22-18(29)14(9(2)3)23-16(27)11(20)8-25/h9-12,14-15,25H,5-8,20H2,1-4H3,(H2,21,26)(H,22,29)(H,23,27)(H,24,28)(H,30,31). The van der Waals surface area contributed by atoms with Crippen LogP contribution in [-0.4, -0.2) is 70.6 Å². The summed E-state index contributed by atoms with van der Waals surface area (Å²) in [6, 6.07) is -4.75. The number of carbonyl (C=O) groups excluding carboxylic acids is 4. The van der Waals surface area contributed by atoms with E-state index in [4.69, 9.17) is 16.6 Å². The predicted octanol–water partition coefficient (Wildman–Crippen LogP) is -2.19. The van der Waals surface area contributed by atoms with Gasteiger partial charge in [-0.3, -0.25) is 19.2 Å². The fourth-order valence-corrected chi connectivity index (χ4v) is 2.63. The van der Waals surface area contributed by atoms with Crippen molar-refractivity contribution < 1.29 is 34.2 Å². The maximum Gasteiger partial charge on any atom is 0.326 e. The van der Waals surface area contributed by atoms with Crippen molar-refractivity contribution >= 4 is 29.6 Å². The molecule has 5 atom stereocenters. The number of amides is 4. The third-order valence-electron chi connectivity index (χ3n) is 4.87. The van der Waals surface area contributed by atoms with Gasteiger partial charge in [0.1, 0.15) is 24.2 Å². The zero-order chi connectivity index (χ0) is 24.3. The number of aliphatic hydroxyl groups excluding tert-OH is 1. The molecule has 0 aromatic heterocycles. The zero-order valence-electron chi connectivity index (χ0n) is 18.4. The van der Waals surface area contributed by atoms with Crippen molar-refractivity contribution in [2.24, 2.45) is 23.3 Å². The Balaban J connectivity index is 5.52. The summed E-state index contributed by atoms with van der Waals surface area (Å²) in [5, 5.41) is 25.6. The molecule has 0 rings (SSSR count). The summed E-state index contributed by atoms with van der Waals surface area (Å²) in [7, 11) is 0. The minimum Gasteiger partial charge on any atom is -0.480 e. The first-order chi connectivity index (χ1) is 14.3. The highest BCUT2D eigenvalue weighted by atomic mass is 16.4. The van der Waals surface area contributed by atoms with Crippen molar-refractivity contribution in [3.63, 3.8) is 0 Å². The van der Waals surface area contributed by atoms with Crippen molar-refractivity contribution in [1.29, 1.82) is 0 Å². The monoisotopic (exact) mass is 445 g/mol. The van der Waals surface area contributed by atoms with Gasteiger partial charge in [0.15, 0.2) is 0 Å². The molecule has 4 amide bonds. The molecule has 0 saturated heterocycles. The number of carboxylic acids is 1. The van der Waals surface area contributed by atoms with Gasteiger partial charge in [-0.05, 0) is 18.3 Å². The van der Waals surface area contributed by atoms with E-state index in [9.17, 15) is 29.1 Å². The smallest absolute Gasteiger partial charge is 0.326 e. The Morgan fingerprint density at radius 1 is 0.903 bits per heavy atom. The molecule has 0 bridgehead atoms. The fourth-order valence-electron chi connectivity index (χ4n) is 2.63. The SMILES string of the molecule is CCC(C)C(NC(=O)C(CCC(N)=O)NC(=O)C(NC(=O)C(N)CO)C(C)C)C(=O)O. The van der Waals surface area contributed by atoms with Gasteiger partial charge in [0.25, 0.3) is 0 Å². The van der Waals surface area contributed by atoms with Gasteiger partial charge in [-0.25, -0.2) is 4.79 Å². The zero-order valence-corrected chi connectivity index (χ0v) is 18.4. The van der Waals surface area contributed by atoms with Crippen LogP contribution in [0.4, 0.5) is 0 Å². The Bertz CT molecular complexity index is 656. The molecule has 0 aliphatic carbocycles. The van der Waals surface area contributed by atoms with E-state index in [0.717, 1.165) is 0 Å². The van der Waals surface area contributed by atoms with Gasteiger partial charge < -0.3 is 37.6 Å². The van der Waals surface area contributed by atoms with Crippen LogP contribution < -0.4 is 27.4 Å². The summed E-state index contributed by atoms with van der Waals surface area (Å²) < 4.78 is 0. The van der Waals surface area contributed by atoms with E-state index in [2.05, 4.69) is 16.0 Å². The van der Waals surface area contributed by atoms with Crippen LogP contribution in [-0.2, 0) is 24.0 Å². The second kappa shape index (κ2) is 13.5. The summed E-state index contributed by atoms with van der Waals surface area (Å²) in [6.07, 6.45) is 0.102. The number of nitrogens with one attached hydrogen (secondary N) is 3. The number of primary amides is 1. The Morgan fingerprint density at radius 2 is 1.45 bits per heavy atom. The molecule has 0 aliphatic heterocycles. The lowest BCUT2D eigenvalue weighted by molar-refractivity contribution is -0.144. The summed E-state index contributed by atoms with van der Waals surface area (Å²) in [5.74, 6) is -4.98. The van der Waals surface area contributed by atoms with Crippen molar-refractivity contribution in [2.75, 3.05) is 6.61 Å². The molecule has 0 heterocycles. The Morgan fingerprint density at radius 3 is 1.87 bits per heavy atom. The van der Waals surface area contributed by atoms with Gasteiger partial charge in [0.05, 0.1) is 6.61 Å². The number of carbonyl (C=O) groups is 5.